The van der Waals surface area contributed by atoms with Crippen LogP contribution in [0.5, 0.6) is 0 Å². The Bertz CT molecular complexity index is 1400. The van der Waals surface area contributed by atoms with Gasteiger partial charge in [-0.05, 0) is 224 Å². The van der Waals surface area contributed by atoms with Gasteiger partial charge in [-0.2, -0.15) is 0 Å². The van der Waals surface area contributed by atoms with Crippen molar-refractivity contribution in [2.45, 2.75) is 116 Å². The number of hydrogen-bond donors (Lipinski definition) is 19. The van der Waals surface area contributed by atoms with Crippen LogP contribution >= 0.6 is 0 Å². The first-order valence-corrected chi connectivity index (χ1v) is 29.0. The lowest BCUT2D eigenvalue weighted by Crippen LogP contribution is -2.64. The van der Waals surface area contributed by atoms with E-state index in [1.54, 1.807) is 0 Å². The summed E-state index contributed by atoms with van der Waals surface area (Å²) in [5.41, 5.74) is -0.752. The fourth-order valence-corrected chi connectivity index (χ4v) is 19.5. The Kier molecular flexibility index (Phi) is 25.2. The molecule has 76 heavy (non-hydrogen) atoms. The zero-order valence-electron chi connectivity index (χ0n) is 45.7. The summed E-state index contributed by atoms with van der Waals surface area (Å²) < 4.78 is 0. The lowest BCUT2D eigenvalue weighted by Gasteiger charge is -2.69. The molecule has 11 fully saturated rings. The molecule has 11 aliphatic carbocycles. The lowest BCUT2D eigenvalue weighted by molar-refractivity contribution is -0.239. The highest BCUT2D eigenvalue weighted by Crippen LogP contribution is 2.73. The minimum atomic E-state index is -0.378. The van der Waals surface area contributed by atoms with Crippen molar-refractivity contribution in [1.29, 1.82) is 0 Å². The predicted octanol–water partition coefficient (Wildman–Crippen LogP) is -1.15. The molecule has 0 amide bonds. The van der Waals surface area contributed by atoms with Crippen molar-refractivity contribution in [2.75, 3.05) is 126 Å². The standard InChI is InChI=1S/C14H24O4.C13H22O3.C12H24O6.C10H20O4.C8H16O2/c15-7-11-1-12(8-16)4-13(2-11,9-17)6-14(3-11,5-12)10-18;14-7-11-1-10-2-12(4-11,8-15)6-13(3-10,5-11)9-16;13-1-7-8(2-14)10(4-16)12(6-18)11(5-17)9(7)3-15;11-3-7-1-8(4-12)10(6-14)2-9(7)5-13;9-5-7-2-1-3-8(4-7)6-10/h15-18H,1-10H2;10,14-16H,1-9H2;7-18H,1-6H2;7-14H,1-6H2;7-10H,1-6H2. The fourth-order valence-electron chi connectivity index (χ4n) is 19.5. The van der Waals surface area contributed by atoms with Crippen molar-refractivity contribution in [1.82, 2.24) is 0 Å². The van der Waals surface area contributed by atoms with Gasteiger partial charge < -0.3 is 97.0 Å². The van der Waals surface area contributed by atoms with Crippen LogP contribution in [0.15, 0.2) is 0 Å². The number of hydrogen-bond acceptors (Lipinski definition) is 19. The summed E-state index contributed by atoms with van der Waals surface area (Å²) in [5, 5.41) is 179. The van der Waals surface area contributed by atoms with Gasteiger partial charge in [0, 0.05) is 126 Å². The van der Waals surface area contributed by atoms with E-state index in [0.717, 1.165) is 96.3 Å². The molecule has 6 unspecified atom stereocenters. The van der Waals surface area contributed by atoms with Crippen molar-refractivity contribution in [3.63, 3.8) is 0 Å². The molecule has 8 bridgehead atoms. The minimum Gasteiger partial charge on any atom is -0.396 e. The maximum atomic E-state index is 9.82. The highest BCUT2D eigenvalue weighted by Gasteiger charge is 2.68. The summed E-state index contributed by atoms with van der Waals surface area (Å²) >= 11 is 0. The van der Waals surface area contributed by atoms with Gasteiger partial charge in [0.1, 0.15) is 0 Å². The van der Waals surface area contributed by atoms with Crippen molar-refractivity contribution >= 4 is 0 Å². The van der Waals surface area contributed by atoms with E-state index in [9.17, 15) is 66.4 Å². The molecule has 0 aromatic rings. The highest BCUT2D eigenvalue weighted by molar-refractivity contribution is 5.17. The zero-order valence-corrected chi connectivity index (χ0v) is 45.7. The second kappa shape index (κ2) is 29.0. The third kappa shape index (κ3) is 14.3. The average Bonchev–Trinajstić information content (AvgIpc) is 3.51. The van der Waals surface area contributed by atoms with Crippen LogP contribution in [0.4, 0.5) is 0 Å². The number of aliphatic hydroxyl groups is 19. The van der Waals surface area contributed by atoms with Crippen molar-refractivity contribution in [2.24, 2.45) is 115 Å². The second-order valence-electron chi connectivity index (χ2n) is 27.3. The monoisotopic (exact) mass is 1090 g/mol. The average molecular weight is 1100 g/mol. The molecule has 0 radical (unpaired) electrons. The van der Waals surface area contributed by atoms with Gasteiger partial charge in [0.15, 0.2) is 0 Å². The Morgan fingerprint density at radius 2 is 0.447 bits per heavy atom. The van der Waals surface area contributed by atoms with Crippen LogP contribution in [0.25, 0.3) is 0 Å². The third-order valence-corrected chi connectivity index (χ3v) is 21.7. The van der Waals surface area contributed by atoms with Gasteiger partial charge >= 0.3 is 0 Å². The smallest absolute Gasteiger partial charge is 0.0488 e. The normalized spacial score (nSPS) is 45.6. The molecule has 0 spiro atoms. The second-order valence-corrected chi connectivity index (χ2v) is 27.3. The minimum absolute atomic E-state index is 0.00484. The first-order chi connectivity index (χ1) is 36.4. The van der Waals surface area contributed by atoms with E-state index < -0.39 is 0 Å². The Morgan fingerprint density at radius 3 is 0.618 bits per heavy atom. The molecular formula is C57H106O19. The molecule has 0 aromatic heterocycles. The molecule has 448 valence electrons. The molecular weight excluding hydrogens is 989 g/mol. The summed E-state index contributed by atoms with van der Waals surface area (Å²) in [6.07, 6.45) is 17.2. The number of aliphatic hydroxyl groups excluding tert-OH is 19. The van der Waals surface area contributed by atoms with E-state index in [1.165, 1.54) is 6.42 Å². The van der Waals surface area contributed by atoms with Gasteiger partial charge in [0.2, 0.25) is 0 Å². The summed E-state index contributed by atoms with van der Waals surface area (Å²) in [7, 11) is 0. The van der Waals surface area contributed by atoms with Gasteiger partial charge in [0.05, 0.1) is 0 Å². The van der Waals surface area contributed by atoms with E-state index in [-0.39, 0.29) is 209 Å². The maximum Gasteiger partial charge on any atom is 0.0488 e. The van der Waals surface area contributed by atoms with Gasteiger partial charge in [0.25, 0.3) is 0 Å². The predicted molar refractivity (Wildman–Crippen MR) is 280 cm³/mol. The molecule has 11 aliphatic rings. The molecule has 11 rings (SSSR count). The Hall–Kier alpha value is -0.760. The third-order valence-electron chi connectivity index (χ3n) is 21.7. The van der Waals surface area contributed by atoms with Crippen molar-refractivity contribution in [3.05, 3.63) is 0 Å². The quantitative estimate of drug-likeness (QED) is 0.0726. The van der Waals surface area contributed by atoms with Gasteiger partial charge in [-0.3, -0.25) is 0 Å². The topological polar surface area (TPSA) is 384 Å². The van der Waals surface area contributed by atoms with Crippen LogP contribution in [-0.2, 0) is 0 Å². The first kappa shape index (κ1) is 66.0. The molecule has 0 saturated heterocycles. The van der Waals surface area contributed by atoms with E-state index >= 15 is 0 Å². The van der Waals surface area contributed by atoms with Crippen LogP contribution < -0.4 is 0 Å². The Balaban J connectivity index is 0.000000178. The van der Waals surface area contributed by atoms with E-state index in [1.807, 2.05) is 0 Å². The Labute approximate surface area is 451 Å². The first-order valence-electron chi connectivity index (χ1n) is 29.0. The van der Waals surface area contributed by atoms with Gasteiger partial charge in [-0.25, -0.2) is 0 Å². The van der Waals surface area contributed by atoms with Gasteiger partial charge in [-0.1, -0.05) is 6.42 Å². The zero-order chi connectivity index (χ0) is 56.2. The van der Waals surface area contributed by atoms with Crippen molar-refractivity contribution in [3.8, 4) is 0 Å². The summed E-state index contributed by atoms with van der Waals surface area (Å²) in [5.74, 6) is -0.447. The molecule has 11 saturated carbocycles. The summed E-state index contributed by atoms with van der Waals surface area (Å²) in [6, 6.07) is 0. The Morgan fingerprint density at radius 1 is 0.237 bits per heavy atom. The van der Waals surface area contributed by atoms with E-state index in [2.05, 4.69) is 0 Å². The molecule has 0 aromatic carbocycles. The van der Waals surface area contributed by atoms with Crippen LogP contribution in [0, 0.1) is 115 Å². The van der Waals surface area contributed by atoms with E-state index in [0.29, 0.717) is 43.8 Å². The molecule has 19 N–H and O–H groups in total. The molecule has 19 heteroatoms. The number of rotatable bonds is 19. The molecule has 6 atom stereocenters. The van der Waals surface area contributed by atoms with Crippen molar-refractivity contribution < 1.29 is 97.0 Å². The molecule has 19 nitrogen and oxygen atoms in total. The maximum absolute atomic E-state index is 9.82. The largest absolute Gasteiger partial charge is 0.396 e. The fraction of sp³-hybridized carbons (Fsp3) is 1.00. The van der Waals surface area contributed by atoms with Gasteiger partial charge in [-0.15, -0.1) is 0 Å². The van der Waals surface area contributed by atoms with Crippen LogP contribution in [0.1, 0.15) is 116 Å². The SMILES string of the molecule is OCC12CC3(CO)CC(CO)(C1)CC(CO)(C2)C3.OCC12CC3CC(CO)(C1)CC(CO)(C3)C2.OCC1C(CO)C(CO)C(CO)C(CO)C1CO.OCC1CC(CO)C(CO)CC1CO.OCC1CCCC(CO)C1. The van der Waals surface area contributed by atoms with Crippen LogP contribution in [0.3, 0.4) is 0 Å². The molecule has 0 heterocycles. The summed E-state index contributed by atoms with van der Waals surface area (Å²) in [6.45, 7) is 0.627. The lowest BCUT2D eigenvalue weighted by atomic mass is 9.36. The van der Waals surface area contributed by atoms with E-state index in [4.69, 9.17) is 30.6 Å². The van der Waals surface area contributed by atoms with Crippen LogP contribution in [0.2, 0.25) is 0 Å². The van der Waals surface area contributed by atoms with Crippen LogP contribution in [-0.4, -0.2) is 223 Å². The highest BCUT2D eigenvalue weighted by atomic mass is 16.3. The molecule has 0 aliphatic heterocycles. The summed E-state index contributed by atoms with van der Waals surface area (Å²) in [4.78, 5) is 0.